The molecule has 1 N–H and O–H groups in total. The molecule has 0 aliphatic carbocycles. The number of nitrogens with one attached hydrogen (secondary N) is 1. The fourth-order valence-electron chi connectivity index (χ4n) is 3.84. The van der Waals surface area contributed by atoms with Crippen molar-refractivity contribution >= 4 is 39.2 Å². The Labute approximate surface area is 189 Å². The zero-order valence-corrected chi connectivity index (χ0v) is 18.9. The van der Waals surface area contributed by atoms with Crippen molar-refractivity contribution in [1.29, 1.82) is 0 Å². The van der Waals surface area contributed by atoms with E-state index >= 15 is 0 Å². The number of benzene rings is 2. The largest absolute Gasteiger partial charge is 0.341 e. The molecule has 1 saturated heterocycles. The molecule has 1 aliphatic heterocycles. The molecule has 5 rings (SSSR count). The third-order valence-electron chi connectivity index (χ3n) is 5.55. The van der Waals surface area contributed by atoms with Crippen LogP contribution in [-0.2, 0) is 4.79 Å². The summed E-state index contributed by atoms with van der Waals surface area (Å²) in [5.74, 6) is 1.52. The molecule has 0 saturated carbocycles. The number of piperidine rings is 1. The Hall–Kier alpha value is -2.71. The maximum absolute atomic E-state index is 12.9. The molecule has 2 aromatic heterocycles. The zero-order chi connectivity index (χ0) is 21.2. The SMILES string of the molecule is Cc1ccc(-c2nc(SCC(=O)N3CCC[C@@H](c4nc5ccccc5s4)C3)n[nH]2)cc1. The standard InChI is InChI=1S/C23H23N5OS2/c1-15-8-10-16(11-9-15)21-25-23(27-26-21)30-14-20(29)28-12-4-5-17(13-28)22-24-18-6-2-3-7-19(18)31-22/h2-3,6-11,17H,4-5,12-14H2,1H3,(H,25,26,27)/t17-/m1/s1. The number of hydrogen-bond donors (Lipinski definition) is 1. The highest BCUT2D eigenvalue weighted by Crippen LogP contribution is 2.33. The average molecular weight is 450 g/mol. The molecule has 8 heteroatoms. The van der Waals surface area contributed by atoms with Crippen LogP contribution in [0.1, 0.15) is 29.3 Å². The molecular formula is C23H23N5OS2. The van der Waals surface area contributed by atoms with Gasteiger partial charge in [0.1, 0.15) is 0 Å². The number of rotatable bonds is 5. The van der Waals surface area contributed by atoms with E-state index in [-0.39, 0.29) is 5.91 Å². The molecule has 3 heterocycles. The molecule has 0 unspecified atom stereocenters. The number of thiazole rings is 1. The number of fused-ring (bicyclic) bond motifs is 1. The van der Waals surface area contributed by atoms with Crippen molar-refractivity contribution in [3.8, 4) is 11.4 Å². The lowest BCUT2D eigenvalue weighted by molar-refractivity contribution is -0.129. The molecule has 1 fully saturated rings. The molecule has 4 aromatic rings. The lowest BCUT2D eigenvalue weighted by atomic mass is 9.99. The van der Waals surface area contributed by atoms with Crippen LogP contribution in [-0.4, -0.2) is 49.8 Å². The second kappa shape index (κ2) is 8.80. The lowest BCUT2D eigenvalue weighted by Gasteiger charge is -2.31. The second-order valence-corrected chi connectivity index (χ2v) is 9.82. The van der Waals surface area contributed by atoms with Gasteiger partial charge >= 0.3 is 0 Å². The number of H-pyrrole nitrogens is 1. The van der Waals surface area contributed by atoms with Crippen molar-refractivity contribution in [3.05, 3.63) is 59.1 Å². The summed E-state index contributed by atoms with van der Waals surface area (Å²) >= 11 is 3.13. The van der Waals surface area contributed by atoms with Crippen molar-refractivity contribution in [2.45, 2.75) is 30.8 Å². The first kappa shape index (κ1) is 20.2. The minimum absolute atomic E-state index is 0.137. The summed E-state index contributed by atoms with van der Waals surface area (Å²) in [5.41, 5.74) is 3.25. The third kappa shape index (κ3) is 4.50. The van der Waals surface area contributed by atoms with Gasteiger partial charge < -0.3 is 4.90 Å². The minimum atomic E-state index is 0.137. The summed E-state index contributed by atoms with van der Waals surface area (Å²) in [6.45, 7) is 3.60. The third-order valence-corrected chi connectivity index (χ3v) is 7.58. The number of carbonyl (C=O) groups is 1. The van der Waals surface area contributed by atoms with E-state index < -0.39 is 0 Å². The highest BCUT2D eigenvalue weighted by atomic mass is 32.2. The Bertz CT molecular complexity index is 1170. The number of nitrogens with zero attached hydrogens (tertiary/aromatic N) is 4. The molecule has 0 bridgehead atoms. The van der Waals surface area contributed by atoms with Gasteiger partial charge in [0.2, 0.25) is 11.1 Å². The maximum atomic E-state index is 12.9. The predicted molar refractivity (Wildman–Crippen MR) is 125 cm³/mol. The number of aromatic amines is 1. The van der Waals surface area contributed by atoms with Gasteiger partial charge in [-0.05, 0) is 31.9 Å². The summed E-state index contributed by atoms with van der Waals surface area (Å²) in [4.78, 5) is 24.2. The van der Waals surface area contributed by atoms with Crippen LogP contribution >= 0.6 is 23.1 Å². The van der Waals surface area contributed by atoms with E-state index in [4.69, 9.17) is 4.98 Å². The van der Waals surface area contributed by atoms with E-state index in [1.54, 1.807) is 11.3 Å². The molecule has 1 aliphatic rings. The number of carbonyl (C=O) groups excluding carboxylic acids is 1. The summed E-state index contributed by atoms with van der Waals surface area (Å²) in [6, 6.07) is 16.4. The molecule has 1 amide bonds. The zero-order valence-electron chi connectivity index (χ0n) is 17.2. The number of para-hydroxylation sites is 1. The summed E-state index contributed by atoms with van der Waals surface area (Å²) in [5, 5.41) is 8.98. The monoisotopic (exact) mass is 449 g/mol. The average Bonchev–Trinajstić information content (AvgIpc) is 3.45. The molecule has 2 aromatic carbocycles. The molecule has 0 spiro atoms. The Morgan fingerprint density at radius 3 is 2.87 bits per heavy atom. The van der Waals surface area contributed by atoms with Gasteiger partial charge in [0.05, 0.1) is 21.0 Å². The van der Waals surface area contributed by atoms with Gasteiger partial charge in [-0.3, -0.25) is 9.89 Å². The smallest absolute Gasteiger partial charge is 0.233 e. The van der Waals surface area contributed by atoms with Crippen LogP contribution in [0.4, 0.5) is 0 Å². The van der Waals surface area contributed by atoms with Crippen LogP contribution in [0.5, 0.6) is 0 Å². The van der Waals surface area contributed by atoms with Gasteiger partial charge in [-0.1, -0.05) is 53.7 Å². The van der Waals surface area contributed by atoms with E-state index in [2.05, 4.69) is 34.2 Å². The van der Waals surface area contributed by atoms with Gasteiger partial charge in [0.25, 0.3) is 0 Å². The van der Waals surface area contributed by atoms with Gasteiger partial charge in [-0.15, -0.1) is 16.4 Å². The fourth-order valence-corrected chi connectivity index (χ4v) is 5.63. The van der Waals surface area contributed by atoms with E-state index in [9.17, 15) is 4.79 Å². The van der Waals surface area contributed by atoms with E-state index in [0.29, 0.717) is 16.8 Å². The number of amides is 1. The summed E-state index contributed by atoms with van der Waals surface area (Å²) in [6.07, 6.45) is 2.09. The summed E-state index contributed by atoms with van der Waals surface area (Å²) < 4.78 is 1.21. The Morgan fingerprint density at radius 1 is 1.19 bits per heavy atom. The minimum Gasteiger partial charge on any atom is -0.341 e. The first-order valence-electron chi connectivity index (χ1n) is 10.4. The molecule has 158 valence electrons. The van der Waals surface area contributed by atoms with Crippen LogP contribution in [0, 0.1) is 6.92 Å². The Balaban J connectivity index is 1.20. The van der Waals surface area contributed by atoms with E-state index in [0.717, 1.165) is 47.8 Å². The lowest BCUT2D eigenvalue weighted by Crippen LogP contribution is -2.40. The van der Waals surface area contributed by atoms with Gasteiger partial charge in [0.15, 0.2) is 5.82 Å². The predicted octanol–water partition coefficient (Wildman–Crippen LogP) is 4.89. The maximum Gasteiger partial charge on any atom is 0.233 e. The van der Waals surface area contributed by atoms with E-state index in [1.165, 1.54) is 22.0 Å². The number of aromatic nitrogens is 4. The normalized spacial score (nSPS) is 16.7. The number of hydrogen-bond acceptors (Lipinski definition) is 6. The van der Waals surface area contributed by atoms with Crippen LogP contribution in [0.2, 0.25) is 0 Å². The van der Waals surface area contributed by atoms with Crippen molar-refractivity contribution in [2.75, 3.05) is 18.8 Å². The summed E-state index contributed by atoms with van der Waals surface area (Å²) in [7, 11) is 0. The number of aryl methyl sites for hydroxylation is 1. The molecule has 0 radical (unpaired) electrons. The number of thioether (sulfide) groups is 1. The van der Waals surface area contributed by atoms with Gasteiger partial charge in [-0.2, -0.15) is 0 Å². The van der Waals surface area contributed by atoms with Gasteiger partial charge in [0, 0.05) is 24.6 Å². The quantitative estimate of drug-likeness (QED) is 0.439. The highest BCUT2D eigenvalue weighted by Gasteiger charge is 2.27. The molecular weight excluding hydrogens is 426 g/mol. The Morgan fingerprint density at radius 2 is 2.03 bits per heavy atom. The van der Waals surface area contributed by atoms with Crippen LogP contribution in [0.25, 0.3) is 21.6 Å². The highest BCUT2D eigenvalue weighted by molar-refractivity contribution is 7.99. The Kier molecular flexibility index (Phi) is 5.74. The van der Waals surface area contributed by atoms with E-state index in [1.807, 2.05) is 41.3 Å². The second-order valence-electron chi connectivity index (χ2n) is 7.82. The topological polar surface area (TPSA) is 74.8 Å². The molecule has 31 heavy (non-hydrogen) atoms. The van der Waals surface area contributed by atoms with Crippen LogP contribution in [0.3, 0.4) is 0 Å². The van der Waals surface area contributed by atoms with Crippen LogP contribution in [0.15, 0.2) is 53.7 Å². The van der Waals surface area contributed by atoms with Crippen molar-refractivity contribution in [2.24, 2.45) is 0 Å². The van der Waals surface area contributed by atoms with Gasteiger partial charge in [-0.25, -0.2) is 9.97 Å². The van der Waals surface area contributed by atoms with Crippen LogP contribution < -0.4 is 0 Å². The van der Waals surface area contributed by atoms with Crippen molar-refractivity contribution in [1.82, 2.24) is 25.1 Å². The first-order chi connectivity index (χ1) is 15.2. The first-order valence-corrected chi connectivity index (χ1v) is 12.2. The molecule has 6 nitrogen and oxygen atoms in total. The number of likely N-dealkylation sites (tertiary alicyclic amines) is 1. The van der Waals surface area contributed by atoms with Crippen molar-refractivity contribution < 1.29 is 4.79 Å². The van der Waals surface area contributed by atoms with Crippen molar-refractivity contribution in [3.63, 3.8) is 0 Å². The fraction of sp³-hybridized carbons (Fsp3) is 0.304. The molecule has 1 atom stereocenters.